The van der Waals surface area contributed by atoms with Gasteiger partial charge in [0.15, 0.2) is 0 Å². The van der Waals surface area contributed by atoms with Crippen molar-refractivity contribution in [2.75, 3.05) is 19.7 Å². The van der Waals surface area contributed by atoms with Crippen LogP contribution in [0.4, 0.5) is 0 Å². The SMILES string of the molecule is CCC(CC)n1ccc(COCC2CCNC2)n1. The van der Waals surface area contributed by atoms with Gasteiger partial charge in [-0.2, -0.15) is 5.10 Å². The molecule has 1 aliphatic rings. The molecule has 1 N–H and O–H groups in total. The second kappa shape index (κ2) is 6.90. The highest BCUT2D eigenvalue weighted by atomic mass is 16.5. The van der Waals surface area contributed by atoms with Gasteiger partial charge < -0.3 is 10.1 Å². The minimum Gasteiger partial charge on any atom is -0.375 e. The van der Waals surface area contributed by atoms with Crippen LogP contribution in [0.25, 0.3) is 0 Å². The Labute approximate surface area is 110 Å². The summed E-state index contributed by atoms with van der Waals surface area (Å²) < 4.78 is 7.83. The Hall–Kier alpha value is -0.870. The van der Waals surface area contributed by atoms with Crippen LogP contribution in [0.2, 0.25) is 0 Å². The number of ether oxygens (including phenoxy) is 1. The van der Waals surface area contributed by atoms with E-state index in [-0.39, 0.29) is 0 Å². The molecule has 1 fully saturated rings. The molecule has 0 spiro atoms. The first kappa shape index (κ1) is 13.6. The van der Waals surface area contributed by atoms with E-state index in [9.17, 15) is 0 Å². The van der Waals surface area contributed by atoms with Gasteiger partial charge in [0.2, 0.25) is 0 Å². The minimum absolute atomic E-state index is 0.526. The van der Waals surface area contributed by atoms with E-state index in [4.69, 9.17) is 4.74 Å². The van der Waals surface area contributed by atoms with Crippen molar-refractivity contribution < 1.29 is 4.74 Å². The smallest absolute Gasteiger partial charge is 0.0906 e. The van der Waals surface area contributed by atoms with Crippen molar-refractivity contribution in [1.82, 2.24) is 15.1 Å². The number of hydrogen-bond acceptors (Lipinski definition) is 3. The van der Waals surface area contributed by atoms with Gasteiger partial charge in [0.05, 0.1) is 24.9 Å². The van der Waals surface area contributed by atoms with Crippen molar-refractivity contribution >= 4 is 0 Å². The second-order valence-electron chi connectivity index (χ2n) is 5.13. The van der Waals surface area contributed by atoms with Gasteiger partial charge in [0.1, 0.15) is 0 Å². The van der Waals surface area contributed by atoms with Gasteiger partial charge in [-0.15, -0.1) is 0 Å². The molecule has 1 atom stereocenters. The number of nitrogens with one attached hydrogen (secondary N) is 1. The molecule has 0 amide bonds. The van der Waals surface area contributed by atoms with E-state index in [0.717, 1.165) is 38.2 Å². The summed E-state index contributed by atoms with van der Waals surface area (Å²) in [4.78, 5) is 0. The van der Waals surface area contributed by atoms with Gasteiger partial charge >= 0.3 is 0 Å². The summed E-state index contributed by atoms with van der Waals surface area (Å²) in [5.74, 6) is 0.686. The Morgan fingerprint density at radius 3 is 3.00 bits per heavy atom. The van der Waals surface area contributed by atoms with Crippen LogP contribution in [0.3, 0.4) is 0 Å². The van der Waals surface area contributed by atoms with Crippen LogP contribution in [-0.4, -0.2) is 29.5 Å². The molecule has 1 aromatic heterocycles. The largest absolute Gasteiger partial charge is 0.375 e. The van der Waals surface area contributed by atoms with Crippen LogP contribution in [0.1, 0.15) is 44.8 Å². The molecule has 0 aromatic carbocycles. The average Bonchev–Trinajstić information content (AvgIpc) is 3.03. The summed E-state index contributed by atoms with van der Waals surface area (Å²) in [6.45, 7) is 8.15. The van der Waals surface area contributed by atoms with Crippen LogP contribution in [-0.2, 0) is 11.3 Å². The molecule has 4 nitrogen and oxygen atoms in total. The van der Waals surface area contributed by atoms with E-state index >= 15 is 0 Å². The second-order valence-corrected chi connectivity index (χ2v) is 5.13. The standard InChI is InChI=1S/C14H25N3O/c1-3-14(4-2)17-8-6-13(16-17)11-18-10-12-5-7-15-9-12/h6,8,12,14-15H,3-5,7,9-11H2,1-2H3. The third-order valence-electron chi connectivity index (χ3n) is 3.75. The molecule has 2 heterocycles. The Kier molecular flexibility index (Phi) is 5.20. The molecule has 1 aliphatic heterocycles. The fraction of sp³-hybridized carbons (Fsp3) is 0.786. The lowest BCUT2D eigenvalue weighted by atomic mass is 10.1. The first-order chi connectivity index (χ1) is 8.83. The maximum absolute atomic E-state index is 5.75. The van der Waals surface area contributed by atoms with Gasteiger partial charge in [-0.05, 0) is 37.8 Å². The Morgan fingerprint density at radius 1 is 1.50 bits per heavy atom. The molecule has 0 bridgehead atoms. The summed E-state index contributed by atoms with van der Waals surface area (Å²) in [6.07, 6.45) is 5.58. The quantitative estimate of drug-likeness (QED) is 0.808. The van der Waals surface area contributed by atoms with E-state index in [1.807, 2.05) is 0 Å². The zero-order chi connectivity index (χ0) is 12.8. The fourth-order valence-corrected chi connectivity index (χ4v) is 2.51. The zero-order valence-electron chi connectivity index (χ0n) is 11.6. The predicted molar refractivity (Wildman–Crippen MR) is 72.5 cm³/mol. The van der Waals surface area contributed by atoms with Crippen molar-refractivity contribution in [3.05, 3.63) is 18.0 Å². The minimum atomic E-state index is 0.526. The molecule has 102 valence electrons. The monoisotopic (exact) mass is 251 g/mol. The molecule has 1 unspecified atom stereocenters. The van der Waals surface area contributed by atoms with Crippen LogP contribution in [0, 0.1) is 5.92 Å². The lowest BCUT2D eigenvalue weighted by Gasteiger charge is -2.12. The highest BCUT2D eigenvalue weighted by Gasteiger charge is 2.14. The number of nitrogens with zero attached hydrogens (tertiary/aromatic N) is 2. The number of hydrogen-bond donors (Lipinski definition) is 1. The number of aromatic nitrogens is 2. The van der Waals surface area contributed by atoms with Crippen LogP contribution >= 0.6 is 0 Å². The molecule has 1 aromatic rings. The lowest BCUT2D eigenvalue weighted by Crippen LogP contribution is -2.14. The Balaban J connectivity index is 1.75. The van der Waals surface area contributed by atoms with E-state index in [1.54, 1.807) is 0 Å². The van der Waals surface area contributed by atoms with E-state index < -0.39 is 0 Å². The van der Waals surface area contributed by atoms with E-state index in [2.05, 4.69) is 41.2 Å². The number of rotatable bonds is 7. The maximum atomic E-state index is 5.75. The van der Waals surface area contributed by atoms with Crippen molar-refractivity contribution in [1.29, 1.82) is 0 Å². The molecular formula is C14H25N3O. The van der Waals surface area contributed by atoms with E-state index in [0.29, 0.717) is 18.6 Å². The van der Waals surface area contributed by atoms with Crippen LogP contribution < -0.4 is 5.32 Å². The molecular weight excluding hydrogens is 226 g/mol. The van der Waals surface area contributed by atoms with Crippen molar-refractivity contribution in [2.45, 2.75) is 45.8 Å². The van der Waals surface area contributed by atoms with Crippen LogP contribution in [0.15, 0.2) is 12.3 Å². The van der Waals surface area contributed by atoms with Crippen molar-refractivity contribution in [3.63, 3.8) is 0 Å². The van der Waals surface area contributed by atoms with Gasteiger partial charge in [-0.3, -0.25) is 4.68 Å². The zero-order valence-corrected chi connectivity index (χ0v) is 11.6. The molecule has 0 radical (unpaired) electrons. The lowest BCUT2D eigenvalue weighted by molar-refractivity contribution is 0.0897. The summed E-state index contributed by atoms with van der Waals surface area (Å²) in [7, 11) is 0. The molecule has 2 rings (SSSR count). The average molecular weight is 251 g/mol. The van der Waals surface area contributed by atoms with Gasteiger partial charge in [0, 0.05) is 12.7 Å². The fourth-order valence-electron chi connectivity index (χ4n) is 2.51. The summed E-state index contributed by atoms with van der Waals surface area (Å²) >= 11 is 0. The third-order valence-corrected chi connectivity index (χ3v) is 3.75. The molecule has 1 saturated heterocycles. The summed E-state index contributed by atoms with van der Waals surface area (Å²) in [6, 6.07) is 2.60. The Bertz CT molecular complexity index is 341. The first-order valence-corrected chi connectivity index (χ1v) is 7.16. The summed E-state index contributed by atoms with van der Waals surface area (Å²) in [5.41, 5.74) is 1.05. The predicted octanol–water partition coefficient (Wildman–Crippen LogP) is 2.37. The molecule has 0 saturated carbocycles. The highest BCUT2D eigenvalue weighted by Crippen LogP contribution is 2.15. The van der Waals surface area contributed by atoms with Gasteiger partial charge in [0.25, 0.3) is 0 Å². The van der Waals surface area contributed by atoms with Crippen molar-refractivity contribution in [3.8, 4) is 0 Å². The Morgan fingerprint density at radius 2 is 2.33 bits per heavy atom. The first-order valence-electron chi connectivity index (χ1n) is 7.16. The molecule has 4 heteroatoms. The van der Waals surface area contributed by atoms with Crippen molar-refractivity contribution in [2.24, 2.45) is 5.92 Å². The van der Waals surface area contributed by atoms with Gasteiger partial charge in [-0.25, -0.2) is 0 Å². The molecule has 0 aliphatic carbocycles. The highest BCUT2D eigenvalue weighted by molar-refractivity contribution is 4.98. The topological polar surface area (TPSA) is 39.1 Å². The van der Waals surface area contributed by atoms with Crippen LogP contribution in [0.5, 0.6) is 0 Å². The van der Waals surface area contributed by atoms with Gasteiger partial charge in [-0.1, -0.05) is 13.8 Å². The maximum Gasteiger partial charge on any atom is 0.0906 e. The normalized spacial score (nSPS) is 19.8. The van der Waals surface area contributed by atoms with E-state index in [1.165, 1.54) is 6.42 Å². The third kappa shape index (κ3) is 3.56. The summed E-state index contributed by atoms with van der Waals surface area (Å²) in [5, 5.41) is 7.95. The molecule has 18 heavy (non-hydrogen) atoms.